The lowest BCUT2D eigenvalue weighted by atomic mass is 9.82. The number of hydrogen-bond acceptors (Lipinski definition) is 3. The molecule has 0 fully saturated rings. The Morgan fingerprint density at radius 2 is 1.93 bits per heavy atom. The monoisotopic (exact) mass is 409 g/mol. The summed E-state index contributed by atoms with van der Waals surface area (Å²) < 4.78 is 7.23. The van der Waals surface area contributed by atoms with Crippen LogP contribution in [0.1, 0.15) is 47.8 Å². The first-order valence-corrected chi connectivity index (χ1v) is 10.4. The summed E-state index contributed by atoms with van der Waals surface area (Å²) in [5.41, 5.74) is 3.56. The van der Waals surface area contributed by atoms with E-state index in [2.05, 4.69) is 0 Å². The molecule has 1 aliphatic rings. The molecule has 0 aliphatic heterocycles. The van der Waals surface area contributed by atoms with E-state index >= 15 is 0 Å². The molecule has 29 heavy (non-hydrogen) atoms. The Morgan fingerprint density at radius 3 is 2.62 bits per heavy atom. The van der Waals surface area contributed by atoms with Crippen molar-refractivity contribution in [1.82, 2.24) is 4.57 Å². The molecule has 0 amide bonds. The van der Waals surface area contributed by atoms with Crippen LogP contribution in [0.3, 0.4) is 0 Å². The molecular formula is C24H24ClNO3. The highest BCUT2D eigenvalue weighted by atomic mass is 35.5. The summed E-state index contributed by atoms with van der Waals surface area (Å²) in [7, 11) is 1.64. The summed E-state index contributed by atoms with van der Waals surface area (Å²) in [4.78, 5) is 25.9. The van der Waals surface area contributed by atoms with Crippen LogP contribution >= 0.6 is 11.6 Å². The summed E-state index contributed by atoms with van der Waals surface area (Å²) in [6, 6.07) is 12.8. The number of Topliss-reactive ketones (excluding diaryl/α,β-unsaturated/α-hetero) is 1. The fourth-order valence-corrected chi connectivity index (χ4v) is 4.47. The second kappa shape index (κ2) is 8.03. The molecule has 0 saturated heterocycles. The van der Waals surface area contributed by atoms with Gasteiger partial charge in [0.2, 0.25) is 0 Å². The molecule has 5 heteroatoms. The number of rotatable bonds is 5. The van der Waals surface area contributed by atoms with Crippen molar-refractivity contribution in [2.45, 2.75) is 39.0 Å². The number of halogens is 1. The number of methoxy groups -OCH3 is 1. The Labute approximate surface area is 175 Å². The number of carbonyl (C=O) groups excluding carboxylic acids is 2. The summed E-state index contributed by atoms with van der Waals surface area (Å²) >= 11 is 5.99. The average molecular weight is 410 g/mol. The average Bonchev–Trinajstić information content (AvgIpc) is 3.06. The predicted molar refractivity (Wildman–Crippen MR) is 115 cm³/mol. The fraction of sp³-hybridized carbons (Fsp3) is 0.333. The summed E-state index contributed by atoms with van der Waals surface area (Å²) in [6.07, 6.45) is 3.66. The third-order valence-electron chi connectivity index (χ3n) is 5.81. The van der Waals surface area contributed by atoms with Gasteiger partial charge in [0.25, 0.3) is 5.91 Å². The standard InChI is InChI=1S/C24H24ClNO3/c1-3-4-23(27)16-7-11-21-19(13-16)20-14-18(29-2)10-12-22(20)26(21)24(28)15-5-8-17(25)9-6-15/h5-6,8-10,12,14,16H,3-4,7,11,13H2,1-2H3. The topological polar surface area (TPSA) is 48.3 Å². The van der Waals surface area contributed by atoms with E-state index in [1.165, 1.54) is 0 Å². The highest BCUT2D eigenvalue weighted by molar-refractivity contribution is 6.30. The van der Waals surface area contributed by atoms with E-state index in [4.69, 9.17) is 16.3 Å². The number of fused-ring (bicyclic) bond motifs is 3. The van der Waals surface area contributed by atoms with Crippen molar-refractivity contribution >= 4 is 34.2 Å². The Morgan fingerprint density at radius 1 is 1.17 bits per heavy atom. The van der Waals surface area contributed by atoms with Crippen LogP contribution in [0.25, 0.3) is 10.9 Å². The Balaban J connectivity index is 1.85. The zero-order chi connectivity index (χ0) is 20.5. The van der Waals surface area contributed by atoms with Gasteiger partial charge in [0, 0.05) is 34.0 Å². The normalized spacial score (nSPS) is 15.9. The quantitative estimate of drug-likeness (QED) is 0.561. The molecule has 1 aromatic heterocycles. The van der Waals surface area contributed by atoms with Crippen LogP contribution in [0.4, 0.5) is 0 Å². The number of carbonyl (C=O) groups is 2. The van der Waals surface area contributed by atoms with Gasteiger partial charge in [-0.2, -0.15) is 0 Å². The Kier molecular flexibility index (Phi) is 5.46. The summed E-state index contributed by atoms with van der Waals surface area (Å²) in [5.74, 6) is 1.03. The van der Waals surface area contributed by atoms with Gasteiger partial charge in [-0.05, 0) is 73.7 Å². The van der Waals surface area contributed by atoms with Crippen molar-refractivity contribution in [2.75, 3.05) is 7.11 Å². The lowest BCUT2D eigenvalue weighted by Crippen LogP contribution is -2.24. The van der Waals surface area contributed by atoms with E-state index in [9.17, 15) is 9.59 Å². The highest BCUT2D eigenvalue weighted by Crippen LogP contribution is 2.37. The molecular weight excluding hydrogens is 386 g/mol. The molecule has 1 aliphatic carbocycles. The fourth-order valence-electron chi connectivity index (χ4n) is 4.34. The Hall–Kier alpha value is -2.59. The second-order valence-corrected chi connectivity index (χ2v) is 8.05. The minimum absolute atomic E-state index is 0.0262. The number of hydrogen-bond donors (Lipinski definition) is 0. The van der Waals surface area contributed by atoms with E-state index in [0.717, 1.165) is 40.8 Å². The number of aromatic nitrogens is 1. The molecule has 3 aromatic rings. The van der Waals surface area contributed by atoms with E-state index in [1.54, 1.807) is 31.4 Å². The summed E-state index contributed by atoms with van der Waals surface area (Å²) in [5, 5.41) is 1.60. The van der Waals surface area contributed by atoms with Gasteiger partial charge in [-0.25, -0.2) is 0 Å². The maximum atomic E-state index is 13.4. The molecule has 4 nitrogen and oxygen atoms in total. The van der Waals surface area contributed by atoms with Crippen molar-refractivity contribution in [3.8, 4) is 5.75 Å². The van der Waals surface area contributed by atoms with Crippen LogP contribution in [-0.2, 0) is 17.6 Å². The van der Waals surface area contributed by atoms with Gasteiger partial charge in [-0.15, -0.1) is 0 Å². The highest BCUT2D eigenvalue weighted by Gasteiger charge is 2.31. The molecule has 0 N–H and O–H groups in total. The van der Waals surface area contributed by atoms with Crippen LogP contribution < -0.4 is 4.74 Å². The zero-order valence-electron chi connectivity index (χ0n) is 16.7. The van der Waals surface area contributed by atoms with E-state index < -0.39 is 0 Å². The number of ketones is 1. The van der Waals surface area contributed by atoms with Gasteiger partial charge in [-0.3, -0.25) is 14.2 Å². The lowest BCUT2D eigenvalue weighted by molar-refractivity contribution is -0.123. The molecule has 0 radical (unpaired) electrons. The molecule has 4 rings (SSSR count). The van der Waals surface area contributed by atoms with Gasteiger partial charge in [0.1, 0.15) is 11.5 Å². The predicted octanol–water partition coefficient (Wildman–Crippen LogP) is 5.47. The van der Waals surface area contributed by atoms with Gasteiger partial charge in [-0.1, -0.05) is 18.5 Å². The maximum Gasteiger partial charge on any atom is 0.262 e. The van der Waals surface area contributed by atoms with E-state index in [0.29, 0.717) is 35.6 Å². The first-order valence-electron chi connectivity index (χ1n) is 10.1. The molecule has 0 saturated carbocycles. The SMILES string of the molecule is CCCC(=O)C1CCc2c(c3cc(OC)ccc3n2C(=O)c2ccc(Cl)cc2)C1. The van der Waals surface area contributed by atoms with Crippen LogP contribution in [0, 0.1) is 5.92 Å². The molecule has 0 spiro atoms. The van der Waals surface area contributed by atoms with E-state index in [-0.39, 0.29) is 11.8 Å². The second-order valence-electron chi connectivity index (χ2n) is 7.61. The number of nitrogens with zero attached hydrogens (tertiary/aromatic N) is 1. The zero-order valence-corrected chi connectivity index (χ0v) is 17.5. The lowest BCUT2D eigenvalue weighted by Gasteiger charge is -2.22. The van der Waals surface area contributed by atoms with Crippen molar-refractivity contribution in [2.24, 2.45) is 5.92 Å². The minimum Gasteiger partial charge on any atom is -0.497 e. The molecule has 150 valence electrons. The van der Waals surface area contributed by atoms with Crippen LogP contribution in [0.2, 0.25) is 5.02 Å². The van der Waals surface area contributed by atoms with Crippen molar-refractivity contribution in [3.63, 3.8) is 0 Å². The van der Waals surface area contributed by atoms with Crippen LogP contribution in [-0.4, -0.2) is 23.4 Å². The number of benzene rings is 2. The Bertz CT molecular complexity index is 1080. The third kappa shape index (κ3) is 3.58. The smallest absolute Gasteiger partial charge is 0.262 e. The first kappa shape index (κ1) is 19.7. The van der Waals surface area contributed by atoms with Crippen molar-refractivity contribution in [3.05, 3.63) is 64.3 Å². The third-order valence-corrected chi connectivity index (χ3v) is 6.07. The van der Waals surface area contributed by atoms with Crippen molar-refractivity contribution < 1.29 is 14.3 Å². The molecule has 1 unspecified atom stereocenters. The molecule has 1 heterocycles. The van der Waals surface area contributed by atoms with Gasteiger partial charge in [0.05, 0.1) is 12.6 Å². The van der Waals surface area contributed by atoms with Crippen LogP contribution in [0.5, 0.6) is 5.75 Å². The van der Waals surface area contributed by atoms with Gasteiger partial charge < -0.3 is 4.74 Å². The van der Waals surface area contributed by atoms with E-state index in [1.807, 2.05) is 29.7 Å². The summed E-state index contributed by atoms with van der Waals surface area (Å²) in [6.45, 7) is 2.04. The maximum absolute atomic E-state index is 13.4. The first-order chi connectivity index (χ1) is 14.0. The molecule has 1 atom stereocenters. The van der Waals surface area contributed by atoms with Gasteiger partial charge >= 0.3 is 0 Å². The largest absolute Gasteiger partial charge is 0.497 e. The van der Waals surface area contributed by atoms with Crippen molar-refractivity contribution in [1.29, 1.82) is 0 Å². The molecule has 0 bridgehead atoms. The minimum atomic E-state index is -0.0728. The molecule has 2 aromatic carbocycles. The van der Waals surface area contributed by atoms with Crippen LogP contribution in [0.15, 0.2) is 42.5 Å². The number of ether oxygens (including phenoxy) is 1. The van der Waals surface area contributed by atoms with Gasteiger partial charge in [0.15, 0.2) is 0 Å².